The Hall–Kier alpha value is -0.340. The van der Waals surface area contributed by atoms with Gasteiger partial charge in [0, 0.05) is 6.54 Å². The Kier molecular flexibility index (Phi) is 4.40. The zero-order valence-corrected chi connectivity index (χ0v) is 3.59. The van der Waals surface area contributed by atoms with Crippen LogP contribution in [0, 0.1) is 0 Å². The molecule has 0 aromatic carbocycles. The molecule has 0 rings (SSSR count). The van der Waals surface area contributed by atoms with Gasteiger partial charge in [-0.25, -0.2) is 0 Å². The average Bonchev–Trinajstić information content (AvgIpc) is 1.61. The molecule has 0 bridgehead atoms. The van der Waals surface area contributed by atoms with Gasteiger partial charge in [-0.3, -0.25) is 0 Å². The molecule has 0 saturated carbocycles. The van der Waals surface area contributed by atoms with E-state index in [1.54, 1.807) is 12.2 Å². The molecule has 2 nitrogen and oxygen atoms in total. The van der Waals surface area contributed by atoms with Gasteiger partial charge in [0.15, 0.2) is 0 Å². The lowest BCUT2D eigenvalue weighted by Gasteiger charge is -1.73. The highest BCUT2D eigenvalue weighted by Gasteiger charge is 1.60. The normalized spacial score (nSPS) is 10.3. The second-order valence-corrected chi connectivity index (χ2v) is 0.890. The lowest BCUT2D eigenvalue weighted by atomic mass is 10.5. The Morgan fingerprint density at radius 2 is 2.17 bits per heavy atom. The van der Waals surface area contributed by atoms with Crippen molar-refractivity contribution in [3.8, 4) is 0 Å². The van der Waals surface area contributed by atoms with Crippen LogP contribution >= 0.6 is 0 Å². The predicted molar refractivity (Wildman–Crippen MR) is 25.3 cm³/mol. The minimum Gasteiger partial charge on any atom is -0.392 e. The van der Waals surface area contributed by atoms with E-state index in [1.807, 2.05) is 0 Å². The van der Waals surface area contributed by atoms with Gasteiger partial charge in [-0.15, -0.1) is 0 Å². The molecule has 0 aliphatic rings. The van der Waals surface area contributed by atoms with Gasteiger partial charge in [-0.1, -0.05) is 12.2 Å². The highest BCUT2D eigenvalue weighted by atomic mass is 16.2. The molecule has 0 heterocycles. The van der Waals surface area contributed by atoms with E-state index in [-0.39, 0.29) is 6.61 Å². The maximum absolute atomic E-state index is 8.06. The van der Waals surface area contributed by atoms with Crippen molar-refractivity contribution in [2.75, 3.05) is 13.2 Å². The van der Waals surface area contributed by atoms with E-state index in [0.717, 1.165) is 0 Å². The Morgan fingerprint density at radius 1 is 1.50 bits per heavy atom. The molecular weight excluding hydrogens is 78.0 g/mol. The fourth-order valence-corrected chi connectivity index (χ4v) is 0.171. The third-order valence-corrected chi connectivity index (χ3v) is 0.408. The summed E-state index contributed by atoms with van der Waals surface area (Å²) >= 11 is 0. The van der Waals surface area contributed by atoms with Crippen LogP contribution in [-0.2, 0) is 0 Å². The first-order valence-corrected chi connectivity index (χ1v) is 1.87. The fraction of sp³-hybridized carbons (Fsp3) is 0.500. The monoisotopic (exact) mass is 87.1 g/mol. The van der Waals surface area contributed by atoms with Crippen LogP contribution in [0.1, 0.15) is 0 Å². The van der Waals surface area contributed by atoms with Crippen LogP contribution in [0.5, 0.6) is 0 Å². The van der Waals surface area contributed by atoms with E-state index in [4.69, 9.17) is 10.8 Å². The summed E-state index contributed by atoms with van der Waals surface area (Å²) in [7, 11) is 0. The average molecular weight is 87.1 g/mol. The molecular formula is C4H9NO. The highest BCUT2D eigenvalue weighted by Crippen LogP contribution is 1.61. The third-order valence-electron chi connectivity index (χ3n) is 0.408. The molecule has 0 unspecified atom stereocenters. The first kappa shape index (κ1) is 5.66. The fourth-order valence-electron chi connectivity index (χ4n) is 0.171. The largest absolute Gasteiger partial charge is 0.392 e. The Bertz CT molecular complexity index is 36.8. The minimum atomic E-state index is 0.0944. The second kappa shape index (κ2) is 4.66. The zero-order valence-electron chi connectivity index (χ0n) is 3.59. The van der Waals surface area contributed by atoms with Gasteiger partial charge in [-0.2, -0.15) is 0 Å². The highest BCUT2D eigenvalue weighted by molar-refractivity contribution is 4.80. The summed E-state index contributed by atoms with van der Waals surface area (Å²) < 4.78 is 0. The van der Waals surface area contributed by atoms with Crippen molar-refractivity contribution in [3.05, 3.63) is 12.2 Å². The minimum absolute atomic E-state index is 0.0944. The van der Waals surface area contributed by atoms with Crippen molar-refractivity contribution < 1.29 is 5.11 Å². The Morgan fingerprint density at radius 3 is 2.33 bits per heavy atom. The molecule has 36 valence electrons. The Balaban J connectivity index is 2.73. The molecule has 0 saturated heterocycles. The summed E-state index contributed by atoms with van der Waals surface area (Å²) in [6, 6.07) is 0. The first-order chi connectivity index (χ1) is 2.91. The van der Waals surface area contributed by atoms with Gasteiger partial charge in [0.2, 0.25) is 0 Å². The van der Waals surface area contributed by atoms with Crippen LogP contribution in [0.2, 0.25) is 0 Å². The van der Waals surface area contributed by atoms with Gasteiger partial charge < -0.3 is 10.8 Å². The van der Waals surface area contributed by atoms with E-state index in [2.05, 4.69) is 0 Å². The number of hydrogen-bond donors (Lipinski definition) is 2. The van der Waals surface area contributed by atoms with Crippen molar-refractivity contribution in [1.29, 1.82) is 0 Å². The van der Waals surface area contributed by atoms with Gasteiger partial charge in [-0.05, 0) is 0 Å². The van der Waals surface area contributed by atoms with Gasteiger partial charge >= 0.3 is 0 Å². The van der Waals surface area contributed by atoms with Gasteiger partial charge in [0.05, 0.1) is 6.61 Å². The topological polar surface area (TPSA) is 46.2 Å². The lowest BCUT2D eigenvalue weighted by Crippen LogP contribution is -1.92. The number of aliphatic hydroxyl groups is 1. The van der Waals surface area contributed by atoms with Crippen molar-refractivity contribution in [2.24, 2.45) is 5.73 Å². The molecule has 0 aromatic rings. The number of rotatable bonds is 2. The summed E-state index contributed by atoms with van der Waals surface area (Å²) in [4.78, 5) is 0. The molecule has 0 amide bonds. The summed E-state index contributed by atoms with van der Waals surface area (Å²) in [5.41, 5.74) is 5.02. The van der Waals surface area contributed by atoms with E-state index in [0.29, 0.717) is 6.54 Å². The summed E-state index contributed by atoms with van der Waals surface area (Å²) in [6.07, 6.45) is 3.32. The van der Waals surface area contributed by atoms with Gasteiger partial charge in [0.1, 0.15) is 0 Å². The maximum atomic E-state index is 8.06. The molecule has 0 aliphatic heterocycles. The number of aliphatic hydroxyl groups excluding tert-OH is 1. The van der Waals surface area contributed by atoms with E-state index in [1.165, 1.54) is 0 Å². The maximum Gasteiger partial charge on any atom is 0.0612 e. The SMILES string of the molecule is NCC=CCO. The summed E-state index contributed by atoms with van der Waals surface area (Å²) in [5.74, 6) is 0. The summed E-state index contributed by atoms with van der Waals surface area (Å²) in [5, 5.41) is 8.06. The Labute approximate surface area is 37.3 Å². The van der Waals surface area contributed by atoms with Crippen LogP contribution in [0.3, 0.4) is 0 Å². The van der Waals surface area contributed by atoms with Crippen LogP contribution in [0.25, 0.3) is 0 Å². The number of hydrogen-bond acceptors (Lipinski definition) is 2. The van der Waals surface area contributed by atoms with Crippen molar-refractivity contribution in [2.45, 2.75) is 0 Å². The molecule has 6 heavy (non-hydrogen) atoms. The van der Waals surface area contributed by atoms with Gasteiger partial charge in [0.25, 0.3) is 0 Å². The molecule has 0 fully saturated rings. The molecule has 2 heteroatoms. The van der Waals surface area contributed by atoms with Crippen molar-refractivity contribution in [1.82, 2.24) is 0 Å². The van der Waals surface area contributed by atoms with E-state index < -0.39 is 0 Å². The van der Waals surface area contributed by atoms with Crippen LogP contribution < -0.4 is 5.73 Å². The first-order valence-electron chi connectivity index (χ1n) is 1.87. The number of nitrogens with two attached hydrogens (primary N) is 1. The lowest BCUT2D eigenvalue weighted by molar-refractivity contribution is 0.342. The molecule has 3 N–H and O–H groups in total. The molecule has 0 spiro atoms. The standard InChI is InChI=1S/C4H9NO/c5-3-1-2-4-6/h1-2,6H,3-5H2. The van der Waals surface area contributed by atoms with Crippen LogP contribution in [0.15, 0.2) is 12.2 Å². The smallest absolute Gasteiger partial charge is 0.0612 e. The van der Waals surface area contributed by atoms with Crippen molar-refractivity contribution >= 4 is 0 Å². The summed E-state index contributed by atoms with van der Waals surface area (Å²) in [6.45, 7) is 0.609. The second-order valence-electron chi connectivity index (χ2n) is 0.890. The third kappa shape index (κ3) is 3.66. The van der Waals surface area contributed by atoms with Crippen molar-refractivity contribution in [3.63, 3.8) is 0 Å². The van der Waals surface area contributed by atoms with Crippen LogP contribution in [0.4, 0.5) is 0 Å². The molecule has 0 radical (unpaired) electrons. The zero-order chi connectivity index (χ0) is 4.83. The molecule has 0 aromatic heterocycles. The van der Waals surface area contributed by atoms with E-state index in [9.17, 15) is 0 Å². The van der Waals surface area contributed by atoms with Crippen LogP contribution in [-0.4, -0.2) is 18.3 Å². The molecule has 0 atom stereocenters. The van der Waals surface area contributed by atoms with E-state index >= 15 is 0 Å². The quantitative estimate of drug-likeness (QED) is 0.446. The predicted octanol–water partition coefficient (Wildman–Crippen LogP) is -0.506. The molecule has 0 aliphatic carbocycles.